The van der Waals surface area contributed by atoms with Crippen LogP contribution in [0, 0.1) is 10.1 Å². The molecule has 0 rings (SSSR count). The largest absolute Gasteiger partial charge is 0.386 e. The van der Waals surface area contributed by atoms with Crippen LogP contribution in [0.4, 0.5) is 0 Å². The predicted octanol–water partition coefficient (Wildman–Crippen LogP) is 0.687. The molecular weight excluding hydrogens is 152 g/mol. The van der Waals surface area contributed by atoms with E-state index in [1.54, 1.807) is 18.8 Å². The molecule has 0 atom stereocenters. The van der Waals surface area contributed by atoms with E-state index in [1.165, 1.54) is 0 Å². The molecule has 0 spiro atoms. The maximum absolute atomic E-state index is 9.92. The Morgan fingerprint density at radius 3 is 2.80 bits per heavy atom. The van der Waals surface area contributed by atoms with Crippen LogP contribution in [-0.2, 0) is 0 Å². The van der Waals surface area contributed by atoms with E-state index in [2.05, 4.69) is 5.32 Å². The SMILES string of the molecule is CN/C(=C/[N+](=O)[O-])CSC. The number of thioether (sulfide) groups is 1. The van der Waals surface area contributed by atoms with Gasteiger partial charge in [-0.05, 0) is 6.26 Å². The molecule has 10 heavy (non-hydrogen) atoms. The van der Waals surface area contributed by atoms with Gasteiger partial charge >= 0.3 is 0 Å². The Labute approximate surface area is 63.8 Å². The van der Waals surface area contributed by atoms with Gasteiger partial charge in [-0.3, -0.25) is 10.1 Å². The first-order chi connectivity index (χ1) is 4.70. The minimum Gasteiger partial charge on any atom is -0.386 e. The second-order valence-electron chi connectivity index (χ2n) is 1.62. The van der Waals surface area contributed by atoms with E-state index in [0.29, 0.717) is 11.4 Å². The second kappa shape index (κ2) is 5.10. The molecule has 0 amide bonds. The van der Waals surface area contributed by atoms with Crippen molar-refractivity contribution < 1.29 is 4.92 Å². The van der Waals surface area contributed by atoms with Crippen molar-refractivity contribution in [3.8, 4) is 0 Å². The standard InChI is InChI=1S/C5H10N2O2S/c1-6-5(4-10-2)3-7(8)9/h3,6H,4H2,1-2H3/b5-3+. The smallest absolute Gasteiger partial charge is 0.254 e. The van der Waals surface area contributed by atoms with Crippen molar-refractivity contribution in [3.05, 3.63) is 22.0 Å². The normalized spacial score (nSPS) is 11.2. The van der Waals surface area contributed by atoms with Gasteiger partial charge in [0.05, 0.1) is 10.6 Å². The summed E-state index contributed by atoms with van der Waals surface area (Å²) in [5.74, 6) is 0.650. The summed E-state index contributed by atoms with van der Waals surface area (Å²) in [5.41, 5.74) is 0.637. The third kappa shape index (κ3) is 4.20. The number of hydrogen-bond acceptors (Lipinski definition) is 4. The van der Waals surface area contributed by atoms with E-state index in [9.17, 15) is 10.1 Å². The molecule has 0 radical (unpaired) electrons. The van der Waals surface area contributed by atoms with Gasteiger partial charge < -0.3 is 5.32 Å². The summed E-state index contributed by atoms with van der Waals surface area (Å²) in [6, 6.07) is 0. The van der Waals surface area contributed by atoms with Gasteiger partial charge in [0.2, 0.25) is 0 Å². The summed E-state index contributed by atoms with van der Waals surface area (Å²) in [4.78, 5) is 9.47. The highest BCUT2D eigenvalue weighted by molar-refractivity contribution is 7.98. The van der Waals surface area contributed by atoms with Crippen LogP contribution < -0.4 is 5.32 Å². The molecule has 5 heteroatoms. The number of nitrogens with one attached hydrogen (secondary N) is 1. The van der Waals surface area contributed by atoms with Crippen molar-refractivity contribution in [1.82, 2.24) is 5.32 Å². The minimum atomic E-state index is -0.456. The van der Waals surface area contributed by atoms with Crippen LogP contribution in [-0.4, -0.2) is 24.0 Å². The molecule has 0 bridgehead atoms. The Balaban J connectivity index is 3.91. The molecule has 0 aliphatic carbocycles. The van der Waals surface area contributed by atoms with Crippen molar-refractivity contribution >= 4 is 11.8 Å². The van der Waals surface area contributed by atoms with Crippen LogP contribution in [0.3, 0.4) is 0 Å². The summed E-state index contributed by atoms with van der Waals surface area (Å²) in [7, 11) is 1.67. The molecule has 58 valence electrons. The summed E-state index contributed by atoms with van der Waals surface area (Å²) in [6.45, 7) is 0. The Bertz CT molecular complexity index is 147. The van der Waals surface area contributed by atoms with Crippen molar-refractivity contribution in [2.75, 3.05) is 19.1 Å². The summed E-state index contributed by atoms with van der Waals surface area (Å²) in [5, 5.41) is 12.7. The molecule has 0 heterocycles. The van der Waals surface area contributed by atoms with Crippen LogP contribution in [0.2, 0.25) is 0 Å². The average Bonchev–Trinajstić information content (AvgIpc) is 1.86. The van der Waals surface area contributed by atoms with Crippen LogP contribution in [0.1, 0.15) is 0 Å². The lowest BCUT2D eigenvalue weighted by molar-refractivity contribution is -0.403. The molecule has 0 aromatic carbocycles. The lowest BCUT2D eigenvalue weighted by Gasteiger charge is -1.98. The monoisotopic (exact) mass is 162 g/mol. The van der Waals surface area contributed by atoms with Crippen LogP contribution in [0.25, 0.3) is 0 Å². The highest BCUT2D eigenvalue weighted by atomic mass is 32.2. The molecule has 0 saturated carbocycles. The topological polar surface area (TPSA) is 55.2 Å². The van der Waals surface area contributed by atoms with Gasteiger partial charge in [-0.15, -0.1) is 0 Å². The Morgan fingerprint density at radius 1 is 1.90 bits per heavy atom. The van der Waals surface area contributed by atoms with Gasteiger partial charge in [0, 0.05) is 12.8 Å². The third-order valence-corrected chi connectivity index (χ3v) is 1.48. The number of rotatable bonds is 4. The Hall–Kier alpha value is -0.710. The number of nitrogens with zero attached hydrogens (tertiary/aromatic N) is 1. The highest BCUT2D eigenvalue weighted by Crippen LogP contribution is 1.99. The van der Waals surface area contributed by atoms with E-state index < -0.39 is 4.92 Å². The van der Waals surface area contributed by atoms with Crippen molar-refractivity contribution in [1.29, 1.82) is 0 Å². The lowest BCUT2D eigenvalue weighted by Crippen LogP contribution is -2.09. The van der Waals surface area contributed by atoms with Gasteiger partial charge in [-0.25, -0.2) is 0 Å². The zero-order valence-electron chi connectivity index (χ0n) is 5.96. The van der Waals surface area contributed by atoms with Crippen molar-refractivity contribution in [2.45, 2.75) is 0 Å². The first-order valence-electron chi connectivity index (χ1n) is 2.71. The summed E-state index contributed by atoms with van der Waals surface area (Å²) < 4.78 is 0. The number of hydrogen-bond donors (Lipinski definition) is 1. The van der Waals surface area contributed by atoms with Gasteiger partial charge in [0.25, 0.3) is 6.20 Å². The molecule has 0 aliphatic heterocycles. The molecule has 4 nitrogen and oxygen atoms in total. The van der Waals surface area contributed by atoms with E-state index in [-0.39, 0.29) is 0 Å². The first kappa shape index (κ1) is 9.29. The van der Waals surface area contributed by atoms with E-state index in [4.69, 9.17) is 0 Å². The molecule has 0 aromatic rings. The van der Waals surface area contributed by atoms with E-state index in [0.717, 1.165) is 6.20 Å². The molecule has 1 N–H and O–H groups in total. The van der Waals surface area contributed by atoms with Gasteiger partial charge in [-0.1, -0.05) is 0 Å². The Kier molecular flexibility index (Phi) is 4.74. The van der Waals surface area contributed by atoms with Crippen LogP contribution >= 0.6 is 11.8 Å². The molecule has 0 aliphatic rings. The summed E-state index contributed by atoms with van der Waals surface area (Å²) in [6.07, 6.45) is 2.88. The maximum atomic E-state index is 9.92. The molecule has 0 saturated heterocycles. The van der Waals surface area contributed by atoms with Crippen molar-refractivity contribution in [2.24, 2.45) is 0 Å². The second-order valence-corrected chi connectivity index (χ2v) is 2.49. The van der Waals surface area contributed by atoms with Gasteiger partial charge in [0.1, 0.15) is 0 Å². The average molecular weight is 162 g/mol. The fraction of sp³-hybridized carbons (Fsp3) is 0.600. The quantitative estimate of drug-likeness (QED) is 0.488. The van der Waals surface area contributed by atoms with Crippen molar-refractivity contribution in [3.63, 3.8) is 0 Å². The van der Waals surface area contributed by atoms with E-state index in [1.807, 2.05) is 6.26 Å². The summed E-state index contributed by atoms with van der Waals surface area (Å²) >= 11 is 1.54. The molecule has 0 unspecified atom stereocenters. The zero-order chi connectivity index (χ0) is 7.98. The fourth-order valence-corrected chi connectivity index (χ4v) is 0.987. The minimum absolute atomic E-state index is 0.456. The van der Waals surface area contributed by atoms with Crippen LogP contribution in [0.5, 0.6) is 0 Å². The van der Waals surface area contributed by atoms with Gasteiger partial charge in [-0.2, -0.15) is 11.8 Å². The molecular formula is C5H10N2O2S. The fourth-order valence-electron chi connectivity index (χ4n) is 0.457. The molecule has 0 fully saturated rings. The Morgan fingerprint density at radius 2 is 2.50 bits per heavy atom. The van der Waals surface area contributed by atoms with Gasteiger partial charge in [0.15, 0.2) is 0 Å². The highest BCUT2D eigenvalue weighted by Gasteiger charge is 1.97. The third-order valence-electron chi connectivity index (χ3n) is 0.882. The zero-order valence-corrected chi connectivity index (χ0v) is 6.77. The van der Waals surface area contributed by atoms with Crippen LogP contribution in [0.15, 0.2) is 11.9 Å². The lowest BCUT2D eigenvalue weighted by atomic mass is 10.5. The number of nitro groups is 1. The maximum Gasteiger partial charge on any atom is 0.254 e. The predicted molar refractivity (Wildman–Crippen MR) is 42.5 cm³/mol. The first-order valence-corrected chi connectivity index (χ1v) is 4.11. The van der Waals surface area contributed by atoms with E-state index >= 15 is 0 Å². The molecule has 0 aromatic heterocycles.